The topological polar surface area (TPSA) is 46.5 Å². The second kappa shape index (κ2) is 7.07. The van der Waals surface area contributed by atoms with Crippen LogP contribution in [0.25, 0.3) is 0 Å². The van der Waals surface area contributed by atoms with Crippen LogP contribution < -0.4 is 0 Å². The molecular formula is C18H30O3Si. The molecule has 0 amide bonds. The van der Waals surface area contributed by atoms with Gasteiger partial charge in [0.05, 0.1) is 6.10 Å². The smallest absolute Gasteiger partial charge is 0.193 e. The molecule has 4 heteroatoms. The summed E-state index contributed by atoms with van der Waals surface area (Å²) >= 11 is 0. The summed E-state index contributed by atoms with van der Waals surface area (Å²) in [5.41, 5.74) is 0.767. The molecule has 124 valence electrons. The molecular weight excluding hydrogens is 292 g/mol. The number of hydrogen-bond acceptors (Lipinski definition) is 3. The van der Waals surface area contributed by atoms with E-state index in [0.29, 0.717) is 0 Å². The monoisotopic (exact) mass is 322 g/mol. The van der Waals surface area contributed by atoms with Crippen LogP contribution in [-0.2, 0) is 9.22 Å². The standard InChI is InChI=1S/C18H30O3Si/c1-13(17(20)15-11-9-8-10-12-15)16(19)14(2)21-22(6,7)18(3,4)5/h8-14,17,20H,1-7H3/t13-,14-,17+/m1/s1. The first kappa shape index (κ1) is 19.1. The van der Waals surface area contributed by atoms with Gasteiger partial charge in [-0.3, -0.25) is 4.79 Å². The summed E-state index contributed by atoms with van der Waals surface area (Å²) < 4.78 is 6.15. The van der Waals surface area contributed by atoms with E-state index in [-0.39, 0.29) is 10.8 Å². The Labute approximate surface area is 135 Å². The number of aliphatic hydroxyl groups excluding tert-OH is 1. The van der Waals surface area contributed by atoms with Crippen molar-refractivity contribution >= 4 is 14.1 Å². The lowest BCUT2D eigenvalue weighted by atomic mass is 9.92. The molecule has 0 saturated carbocycles. The number of Topliss-reactive ketones (excluding diaryl/α,β-unsaturated/α-hetero) is 1. The molecule has 0 aromatic heterocycles. The zero-order valence-corrected chi connectivity index (χ0v) is 15.9. The molecule has 3 atom stereocenters. The molecule has 0 aliphatic heterocycles. The van der Waals surface area contributed by atoms with E-state index in [1.807, 2.05) is 30.3 Å². The van der Waals surface area contributed by atoms with Gasteiger partial charge in [0.2, 0.25) is 0 Å². The third-order valence-electron chi connectivity index (χ3n) is 4.74. The van der Waals surface area contributed by atoms with Crippen LogP contribution in [0.3, 0.4) is 0 Å². The van der Waals surface area contributed by atoms with Crippen molar-refractivity contribution in [2.45, 2.75) is 65.0 Å². The molecule has 0 radical (unpaired) electrons. The van der Waals surface area contributed by atoms with Crippen molar-refractivity contribution in [3.8, 4) is 0 Å². The van der Waals surface area contributed by atoms with Crippen LogP contribution in [-0.4, -0.2) is 25.3 Å². The Morgan fingerprint density at radius 3 is 2.09 bits per heavy atom. The van der Waals surface area contributed by atoms with Crippen LogP contribution in [0.4, 0.5) is 0 Å². The van der Waals surface area contributed by atoms with Gasteiger partial charge in [-0.05, 0) is 30.6 Å². The normalized spacial score (nSPS) is 16.9. The van der Waals surface area contributed by atoms with Gasteiger partial charge in [-0.15, -0.1) is 0 Å². The highest BCUT2D eigenvalue weighted by Crippen LogP contribution is 2.38. The molecule has 1 aromatic rings. The first-order valence-electron chi connectivity index (χ1n) is 7.92. The highest BCUT2D eigenvalue weighted by molar-refractivity contribution is 6.74. The summed E-state index contributed by atoms with van der Waals surface area (Å²) in [5.74, 6) is -0.525. The minimum Gasteiger partial charge on any atom is -0.407 e. The van der Waals surface area contributed by atoms with Crippen LogP contribution in [0.15, 0.2) is 30.3 Å². The predicted molar refractivity (Wildman–Crippen MR) is 93.3 cm³/mol. The van der Waals surface area contributed by atoms with Gasteiger partial charge in [-0.2, -0.15) is 0 Å². The number of rotatable bonds is 6. The number of carbonyl (C=O) groups excluding carboxylic acids is 1. The van der Waals surface area contributed by atoms with E-state index in [4.69, 9.17) is 4.43 Å². The Morgan fingerprint density at radius 2 is 1.64 bits per heavy atom. The third kappa shape index (κ3) is 4.51. The molecule has 1 N–H and O–H groups in total. The summed E-state index contributed by atoms with van der Waals surface area (Å²) in [4.78, 5) is 12.6. The van der Waals surface area contributed by atoms with Gasteiger partial charge in [-0.1, -0.05) is 58.0 Å². The van der Waals surface area contributed by atoms with Gasteiger partial charge in [0.15, 0.2) is 14.1 Å². The van der Waals surface area contributed by atoms with Gasteiger partial charge in [0, 0.05) is 5.92 Å². The lowest BCUT2D eigenvalue weighted by molar-refractivity contribution is -0.132. The number of ketones is 1. The molecule has 0 unspecified atom stereocenters. The van der Waals surface area contributed by atoms with Crippen molar-refractivity contribution in [1.82, 2.24) is 0 Å². The highest BCUT2D eigenvalue weighted by Gasteiger charge is 2.40. The quantitative estimate of drug-likeness (QED) is 0.793. The zero-order valence-electron chi connectivity index (χ0n) is 14.9. The molecule has 0 aliphatic rings. The zero-order chi connectivity index (χ0) is 17.1. The molecule has 0 heterocycles. The molecule has 1 aromatic carbocycles. The fraction of sp³-hybridized carbons (Fsp3) is 0.611. The Kier molecular flexibility index (Phi) is 6.13. The maximum atomic E-state index is 12.6. The largest absolute Gasteiger partial charge is 0.407 e. The molecule has 1 rings (SSSR count). The van der Waals surface area contributed by atoms with E-state index in [0.717, 1.165) is 5.56 Å². The first-order valence-corrected chi connectivity index (χ1v) is 10.8. The molecule has 0 saturated heterocycles. The van der Waals surface area contributed by atoms with Crippen molar-refractivity contribution in [3.63, 3.8) is 0 Å². The lowest BCUT2D eigenvalue weighted by Crippen LogP contribution is -2.46. The van der Waals surface area contributed by atoms with Gasteiger partial charge >= 0.3 is 0 Å². The van der Waals surface area contributed by atoms with Crippen LogP contribution in [0.2, 0.25) is 18.1 Å². The van der Waals surface area contributed by atoms with E-state index in [1.165, 1.54) is 0 Å². The predicted octanol–water partition coefficient (Wildman–Crippen LogP) is 4.34. The maximum Gasteiger partial charge on any atom is 0.193 e. The second-order valence-electron chi connectivity index (χ2n) is 7.57. The van der Waals surface area contributed by atoms with Crippen LogP contribution in [0, 0.1) is 5.92 Å². The molecule has 3 nitrogen and oxygen atoms in total. The Bertz CT molecular complexity index is 491. The number of aliphatic hydroxyl groups is 1. The van der Waals surface area contributed by atoms with Crippen LogP contribution >= 0.6 is 0 Å². The number of hydrogen-bond donors (Lipinski definition) is 1. The molecule has 0 spiro atoms. The highest BCUT2D eigenvalue weighted by atomic mass is 28.4. The Balaban J connectivity index is 2.78. The average molecular weight is 323 g/mol. The minimum atomic E-state index is -1.99. The first-order chi connectivity index (χ1) is 9.97. The fourth-order valence-corrected chi connectivity index (χ4v) is 3.50. The summed E-state index contributed by atoms with van der Waals surface area (Å²) in [6.45, 7) is 14.3. The second-order valence-corrected chi connectivity index (χ2v) is 12.3. The summed E-state index contributed by atoms with van der Waals surface area (Å²) in [6.07, 6.45) is -1.28. The average Bonchev–Trinajstić information content (AvgIpc) is 2.44. The van der Waals surface area contributed by atoms with Crippen molar-refractivity contribution in [1.29, 1.82) is 0 Å². The molecule has 0 fully saturated rings. The van der Waals surface area contributed by atoms with Crippen LogP contribution in [0.5, 0.6) is 0 Å². The minimum absolute atomic E-state index is 0.0406. The SMILES string of the molecule is C[C@H](C(=O)[C@@H](C)O[Si](C)(C)C(C)(C)C)[C@H](O)c1ccccc1. The molecule has 0 bridgehead atoms. The maximum absolute atomic E-state index is 12.6. The summed E-state index contributed by atoms with van der Waals surface area (Å²) in [5, 5.41) is 10.5. The van der Waals surface area contributed by atoms with Gasteiger partial charge in [0.1, 0.15) is 6.10 Å². The number of carbonyl (C=O) groups is 1. The van der Waals surface area contributed by atoms with Crippen molar-refractivity contribution in [3.05, 3.63) is 35.9 Å². The lowest BCUT2D eigenvalue weighted by Gasteiger charge is -2.38. The van der Waals surface area contributed by atoms with E-state index in [1.54, 1.807) is 13.8 Å². The molecule has 0 aliphatic carbocycles. The van der Waals surface area contributed by atoms with Crippen molar-refractivity contribution in [2.24, 2.45) is 5.92 Å². The van der Waals surface area contributed by atoms with Crippen molar-refractivity contribution in [2.75, 3.05) is 0 Å². The van der Waals surface area contributed by atoms with Crippen molar-refractivity contribution < 1.29 is 14.3 Å². The van der Waals surface area contributed by atoms with E-state index in [9.17, 15) is 9.90 Å². The molecule has 22 heavy (non-hydrogen) atoms. The van der Waals surface area contributed by atoms with Gasteiger partial charge < -0.3 is 9.53 Å². The van der Waals surface area contributed by atoms with E-state index in [2.05, 4.69) is 33.9 Å². The summed E-state index contributed by atoms with van der Waals surface area (Å²) in [7, 11) is -1.99. The third-order valence-corrected chi connectivity index (χ3v) is 9.30. The summed E-state index contributed by atoms with van der Waals surface area (Å²) in [6, 6.07) is 9.31. The van der Waals surface area contributed by atoms with E-state index < -0.39 is 26.4 Å². The number of benzene rings is 1. The van der Waals surface area contributed by atoms with Gasteiger partial charge in [0.25, 0.3) is 0 Å². The Hall–Kier alpha value is -0.973. The van der Waals surface area contributed by atoms with Gasteiger partial charge in [-0.25, -0.2) is 0 Å². The van der Waals surface area contributed by atoms with E-state index >= 15 is 0 Å². The Morgan fingerprint density at radius 1 is 1.14 bits per heavy atom. The fourth-order valence-electron chi connectivity index (χ4n) is 2.14. The van der Waals surface area contributed by atoms with Crippen LogP contribution in [0.1, 0.15) is 46.3 Å².